The molecule has 0 saturated heterocycles. The summed E-state index contributed by atoms with van der Waals surface area (Å²) in [6.45, 7) is 2.58. The summed E-state index contributed by atoms with van der Waals surface area (Å²) in [5.41, 5.74) is 1.16. The molecule has 1 aromatic carbocycles. The molecule has 0 N–H and O–H groups in total. The Morgan fingerprint density at radius 3 is 2.75 bits per heavy atom. The number of hydrogen-bond acceptors (Lipinski definition) is 2. The molecule has 1 rings (SSSR count). The van der Waals surface area contributed by atoms with Crippen LogP contribution in [0.25, 0.3) is 0 Å². The monoisotopic (exact) mass is 213 g/mol. The second-order valence-electron chi connectivity index (χ2n) is 3.37. The van der Waals surface area contributed by atoms with Gasteiger partial charge in [0.1, 0.15) is 0 Å². The lowest BCUT2D eigenvalue weighted by Crippen LogP contribution is -2.03. The fraction of sp³-hybridized carbons (Fsp3) is 0.214. The van der Waals surface area contributed by atoms with Crippen LogP contribution in [0.2, 0.25) is 0 Å². The number of ether oxygens (including phenoxy) is 1. The van der Waals surface area contributed by atoms with Gasteiger partial charge in [-0.25, -0.2) is 0 Å². The molecule has 0 saturated carbocycles. The lowest BCUT2D eigenvalue weighted by molar-refractivity contribution is 0.0841. The molecule has 1 aromatic rings. The van der Waals surface area contributed by atoms with E-state index in [0.29, 0.717) is 6.61 Å². The Bertz CT molecular complexity index is 387. The van der Waals surface area contributed by atoms with Crippen molar-refractivity contribution in [1.29, 1.82) is 5.26 Å². The molecule has 0 amide bonds. The lowest BCUT2D eigenvalue weighted by Gasteiger charge is -2.08. The van der Waals surface area contributed by atoms with E-state index in [0.717, 1.165) is 5.56 Å². The minimum atomic E-state index is 0.0450. The average molecular weight is 213 g/mol. The van der Waals surface area contributed by atoms with Crippen LogP contribution < -0.4 is 0 Å². The van der Waals surface area contributed by atoms with Crippen molar-refractivity contribution in [3.8, 4) is 6.07 Å². The van der Waals surface area contributed by atoms with E-state index in [-0.39, 0.29) is 6.10 Å². The summed E-state index contributed by atoms with van der Waals surface area (Å²) < 4.78 is 5.60. The van der Waals surface area contributed by atoms with Gasteiger partial charge in [-0.3, -0.25) is 0 Å². The van der Waals surface area contributed by atoms with E-state index in [1.807, 2.05) is 55.5 Å². The third-order valence-corrected chi connectivity index (χ3v) is 2.02. The summed E-state index contributed by atoms with van der Waals surface area (Å²) in [6, 6.07) is 12.0. The van der Waals surface area contributed by atoms with E-state index >= 15 is 0 Å². The highest BCUT2D eigenvalue weighted by molar-refractivity contribution is 5.14. The number of rotatable bonds is 5. The molecule has 2 nitrogen and oxygen atoms in total. The van der Waals surface area contributed by atoms with E-state index in [1.54, 1.807) is 6.08 Å². The molecule has 16 heavy (non-hydrogen) atoms. The van der Waals surface area contributed by atoms with Crippen LogP contribution in [-0.2, 0) is 11.3 Å². The zero-order chi connectivity index (χ0) is 11.6. The molecule has 0 radical (unpaired) electrons. The molecule has 0 heterocycles. The third kappa shape index (κ3) is 5.14. The van der Waals surface area contributed by atoms with Crippen LogP contribution in [0.5, 0.6) is 0 Å². The van der Waals surface area contributed by atoms with Gasteiger partial charge in [-0.05, 0) is 12.5 Å². The zero-order valence-electron chi connectivity index (χ0n) is 9.34. The first-order valence-electron chi connectivity index (χ1n) is 5.21. The van der Waals surface area contributed by atoms with Crippen LogP contribution >= 0.6 is 0 Å². The van der Waals surface area contributed by atoms with Gasteiger partial charge in [0, 0.05) is 6.08 Å². The number of allylic oxidation sites excluding steroid dienone is 3. The van der Waals surface area contributed by atoms with Crippen molar-refractivity contribution in [2.24, 2.45) is 0 Å². The Morgan fingerprint density at radius 2 is 2.06 bits per heavy atom. The highest BCUT2D eigenvalue weighted by Gasteiger charge is 1.96. The Morgan fingerprint density at radius 1 is 1.31 bits per heavy atom. The third-order valence-electron chi connectivity index (χ3n) is 2.02. The minimum absolute atomic E-state index is 0.0450. The zero-order valence-corrected chi connectivity index (χ0v) is 9.34. The van der Waals surface area contributed by atoms with Gasteiger partial charge in [-0.2, -0.15) is 5.26 Å². The van der Waals surface area contributed by atoms with Crippen molar-refractivity contribution < 1.29 is 4.74 Å². The summed E-state index contributed by atoms with van der Waals surface area (Å²) in [4.78, 5) is 0. The van der Waals surface area contributed by atoms with E-state index in [4.69, 9.17) is 10.00 Å². The van der Waals surface area contributed by atoms with E-state index in [9.17, 15) is 0 Å². The van der Waals surface area contributed by atoms with E-state index in [2.05, 4.69) is 0 Å². The Balaban J connectivity index is 2.31. The maximum absolute atomic E-state index is 8.28. The first kappa shape index (κ1) is 12.2. The summed E-state index contributed by atoms with van der Waals surface area (Å²) in [7, 11) is 0. The molecule has 0 aliphatic rings. The molecule has 82 valence electrons. The SMILES string of the molecule is C[C@H](/C=C/C=C/C#N)OCc1ccccc1. The van der Waals surface area contributed by atoms with Crippen molar-refractivity contribution in [2.75, 3.05) is 0 Å². The quantitative estimate of drug-likeness (QED) is 0.555. The fourth-order valence-corrected chi connectivity index (χ4v) is 1.18. The molecule has 0 spiro atoms. The molecule has 0 fully saturated rings. The Hall–Kier alpha value is -1.85. The smallest absolute Gasteiger partial charge is 0.0912 e. The van der Waals surface area contributed by atoms with Crippen LogP contribution in [0, 0.1) is 11.3 Å². The van der Waals surface area contributed by atoms with Crippen LogP contribution in [-0.4, -0.2) is 6.10 Å². The predicted octanol–water partition coefficient (Wildman–Crippen LogP) is 3.23. The van der Waals surface area contributed by atoms with Gasteiger partial charge in [0.25, 0.3) is 0 Å². The van der Waals surface area contributed by atoms with Crippen LogP contribution in [0.1, 0.15) is 12.5 Å². The van der Waals surface area contributed by atoms with Crippen molar-refractivity contribution in [1.82, 2.24) is 0 Å². The van der Waals surface area contributed by atoms with Crippen LogP contribution in [0.15, 0.2) is 54.6 Å². The van der Waals surface area contributed by atoms with Gasteiger partial charge < -0.3 is 4.74 Å². The highest BCUT2D eigenvalue weighted by Crippen LogP contribution is 2.03. The van der Waals surface area contributed by atoms with Crippen molar-refractivity contribution in [3.05, 3.63) is 60.2 Å². The maximum Gasteiger partial charge on any atom is 0.0912 e. The summed E-state index contributed by atoms with van der Waals surface area (Å²) >= 11 is 0. The van der Waals surface area contributed by atoms with Crippen molar-refractivity contribution >= 4 is 0 Å². The Labute approximate surface area is 96.5 Å². The first-order valence-corrected chi connectivity index (χ1v) is 5.21. The molecule has 1 atom stereocenters. The van der Waals surface area contributed by atoms with Crippen molar-refractivity contribution in [3.63, 3.8) is 0 Å². The largest absolute Gasteiger partial charge is 0.370 e. The molecule has 2 heteroatoms. The number of benzene rings is 1. The van der Waals surface area contributed by atoms with Gasteiger partial charge in [0.15, 0.2) is 0 Å². The number of nitriles is 1. The van der Waals surface area contributed by atoms with Crippen molar-refractivity contribution in [2.45, 2.75) is 19.6 Å². The first-order chi connectivity index (χ1) is 7.83. The summed E-state index contributed by atoms with van der Waals surface area (Å²) in [6.07, 6.45) is 6.90. The number of hydrogen-bond donors (Lipinski definition) is 0. The molecule has 0 aliphatic carbocycles. The number of nitrogens with zero attached hydrogens (tertiary/aromatic N) is 1. The van der Waals surface area contributed by atoms with Gasteiger partial charge >= 0.3 is 0 Å². The normalized spacial score (nSPS) is 13.0. The maximum atomic E-state index is 8.28. The summed E-state index contributed by atoms with van der Waals surface area (Å²) in [5.74, 6) is 0. The van der Waals surface area contributed by atoms with E-state index < -0.39 is 0 Å². The topological polar surface area (TPSA) is 33.0 Å². The highest BCUT2D eigenvalue weighted by atomic mass is 16.5. The van der Waals surface area contributed by atoms with E-state index in [1.165, 1.54) is 6.08 Å². The Kier molecular flexibility index (Phi) is 5.68. The van der Waals surface area contributed by atoms with Gasteiger partial charge in [0.05, 0.1) is 18.8 Å². The van der Waals surface area contributed by atoms with Gasteiger partial charge in [-0.15, -0.1) is 0 Å². The molecule has 0 aliphatic heterocycles. The predicted molar refractivity (Wildman–Crippen MR) is 64.6 cm³/mol. The second kappa shape index (κ2) is 7.44. The standard InChI is InChI=1S/C14H15NO/c1-13(8-4-3-7-11-15)16-12-14-9-5-2-6-10-14/h2-10,13H,12H2,1H3/b7-3+,8-4+/t13-/m1/s1. The second-order valence-corrected chi connectivity index (χ2v) is 3.37. The minimum Gasteiger partial charge on any atom is -0.370 e. The van der Waals surface area contributed by atoms with Crippen LogP contribution in [0.4, 0.5) is 0 Å². The average Bonchev–Trinajstić information content (AvgIpc) is 2.33. The molecule has 0 unspecified atom stereocenters. The fourth-order valence-electron chi connectivity index (χ4n) is 1.18. The van der Waals surface area contributed by atoms with Gasteiger partial charge in [-0.1, -0.05) is 48.6 Å². The summed E-state index contributed by atoms with van der Waals surface area (Å²) in [5, 5.41) is 8.28. The lowest BCUT2D eigenvalue weighted by atomic mass is 10.2. The molecular weight excluding hydrogens is 198 g/mol. The van der Waals surface area contributed by atoms with Gasteiger partial charge in [0.2, 0.25) is 0 Å². The molecule has 0 aromatic heterocycles. The molecular formula is C14H15NO. The molecule has 0 bridgehead atoms. The van der Waals surface area contributed by atoms with Crippen LogP contribution in [0.3, 0.4) is 0 Å².